The fourth-order valence-electron chi connectivity index (χ4n) is 4.88. The smallest absolute Gasteiger partial charge is 0.145 e. The molecule has 2 aliphatic carbocycles. The number of hydrogen-bond acceptors (Lipinski definition) is 1. The molecule has 3 heteroatoms. The normalized spacial score (nSPS) is 22.5. The van der Waals surface area contributed by atoms with Crippen LogP contribution in [0.15, 0.2) is 42.5 Å². The summed E-state index contributed by atoms with van der Waals surface area (Å²) >= 11 is 0. The molecule has 0 radical (unpaired) electrons. The summed E-state index contributed by atoms with van der Waals surface area (Å²) in [4.78, 5) is 5.02. The first-order chi connectivity index (χ1) is 11.3. The minimum atomic E-state index is -0.181. The molecule has 2 heterocycles. The van der Waals surface area contributed by atoms with Gasteiger partial charge in [0.1, 0.15) is 11.5 Å². The molecule has 2 nitrogen and oxygen atoms in total. The Bertz CT molecular complexity index is 1130. The average Bonchev–Trinajstić information content (AvgIpc) is 3.26. The van der Waals surface area contributed by atoms with Crippen molar-refractivity contribution >= 4 is 27.3 Å². The van der Waals surface area contributed by atoms with Gasteiger partial charge in [0.15, 0.2) is 0 Å². The van der Waals surface area contributed by atoms with Crippen LogP contribution in [0.25, 0.3) is 27.3 Å². The molecule has 2 bridgehead atoms. The van der Waals surface area contributed by atoms with Gasteiger partial charge in [-0.25, -0.2) is 9.37 Å². The summed E-state index contributed by atoms with van der Waals surface area (Å²) in [6.45, 7) is 0. The first-order valence-electron chi connectivity index (χ1n) is 8.33. The van der Waals surface area contributed by atoms with Crippen LogP contribution in [0.1, 0.15) is 42.5 Å². The lowest BCUT2D eigenvalue weighted by Crippen LogP contribution is -2.01. The minimum Gasteiger partial charge on any atom is -0.295 e. The van der Waals surface area contributed by atoms with Crippen molar-refractivity contribution < 1.29 is 4.39 Å². The summed E-state index contributed by atoms with van der Waals surface area (Å²) < 4.78 is 16.2. The van der Waals surface area contributed by atoms with E-state index in [2.05, 4.69) is 22.6 Å². The third-order valence-corrected chi connectivity index (χ3v) is 5.81. The Balaban J connectivity index is 1.94. The van der Waals surface area contributed by atoms with Crippen molar-refractivity contribution in [3.63, 3.8) is 0 Å². The number of benzene rings is 2. The average molecular weight is 302 g/mol. The molecule has 2 aromatic carbocycles. The molecule has 0 amide bonds. The highest BCUT2D eigenvalue weighted by Crippen LogP contribution is 2.53. The van der Waals surface area contributed by atoms with Gasteiger partial charge in [0.25, 0.3) is 0 Å². The Morgan fingerprint density at radius 2 is 1.78 bits per heavy atom. The van der Waals surface area contributed by atoms with E-state index in [1.165, 1.54) is 36.0 Å². The van der Waals surface area contributed by atoms with E-state index in [0.717, 1.165) is 21.9 Å². The van der Waals surface area contributed by atoms with Crippen molar-refractivity contribution in [1.82, 2.24) is 9.38 Å². The highest BCUT2D eigenvalue weighted by Gasteiger charge is 2.41. The minimum absolute atomic E-state index is 0.181. The predicted octanol–water partition coefficient (Wildman–Crippen LogP) is 5.14. The van der Waals surface area contributed by atoms with Crippen molar-refractivity contribution in [3.05, 3.63) is 59.7 Å². The Morgan fingerprint density at radius 3 is 2.70 bits per heavy atom. The molecule has 0 spiro atoms. The largest absolute Gasteiger partial charge is 0.295 e. The summed E-state index contributed by atoms with van der Waals surface area (Å²) in [7, 11) is 0. The molecule has 1 saturated carbocycles. The van der Waals surface area contributed by atoms with Crippen LogP contribution in [0.4, 0.5) is 4.39 Å². The summed E-state index contributed by atoms with van der Waals surface area (Å²) in [6, 6.07) is 13.5. The van der Waals surface area contributed by atoms with Crippen molar-refractivity contribution in [2.24, 2.45) is 0 Å². The van der Waals surface area contributed by atoms with Gasteiger partial charge < -0.3 is 0 Å². The van der Waals surface area contributed by atoms with E-state index in [9.17, 15) is 4.39 Å². The Hall–Kier alpha value is -2.42. The standard InChI is InChI=1S/C20H15FN2/c21-13-7-8-15-14-3-1-2-4-16(14)20-22-18-11-5-6-12(9-11)19(18)23(20)17(15)10-13/h1-4,7-8,10-12H,5-6,9H2. The van der Waals surface area contributed by atoms with Crippen molar-refractivity contribution in [2.75, 3.05) is 0 Å². The summed E-state index contributed by atoms with van der Waals surface area (Å²) in [6.07, 6.45) is 3.73. The quantitative estimate of drug-likeness (QED) is 0.411. The SMILES string of the molecule is Fc1ccc2c3ccccc3c3nc4c(n3c2c1)C1CCC4C1. The summed E-state index contributed by atoms with van der Waals surface area (Å²) in [5.41, 5.74) is 4.57. The van der Waals surface area contributed by atoms with Gasteiger partial charge in [-0.15, -0.1) is 0 Å². The van der Waals surface area contributed by atoms with Crippen molar-refractivity contribution in [3.8, 4) is 0 Å². The maximum atomic E-state index is 14.0. The van der Waals surface area contributed by atoms with Gasteiger partial charge >= 0.3 is 0 Å². The molecule has 2 aliphatic rings. The second kappa shape index (κ2) is 3.91. The van der Waals surface area contributed by atoms with Crippen LogP contribution in [0.2, 0.25) is 0 Å². The first-order valence-corrected chi connectivity index (χ1v) is 8.33. The van der Waals surface area contributed by atoms with E-state index >= 15 is 0 Å². The number of pyridine rings is 1. The van der Waals surface area contributed by atoms with Crippen molar-refractivity contribution in [2.45, 2.75) is 31.1 Å². The Labute approximate surface area is 132 Å². The molecule has 23 heavy (non-hydrogen) atoms. The van der Waals surface area contributed by atoms with E-state index < -0.39 is 0 Å². The molecule has 112 valence electrons. The third kappa shape index (κ3) is 1.37. The molecule has 1 fully saturated rings. The number of fused-ring (bicyclic) bond motifs is 12. The molecule has 6 rings (SSSR count). The second-order valence-corrected chi connectivity index (χ2v) is 6.96. The van der Waals surface area contributed by atoms with Gasteiger partial charge in [-0.05, 0) is 42.8 Å². The first kappa shape index (κ1) is 12.1. The zero-order valence-electron chi connectivity index (χ0n) is 12.6. The lowest BCUT2D eigenvalue weighted by atomic mass is 10.0. The lowest BCUT2D eigenvalue weighted by Gasteiger charge is -2.14. The number of hydrogen-bond donors (Lipinski definition) is 0. The van der Waals surface area contributed by atoms with Gasteiger partial charge in [-0.1, -0.05) is 24.3 Å². The van der Waals surface area contributed by atoms with Gasteiger partial charge in [-0.2, -0.15) is 0 Å². The zero-order valence-corrected chi connectivity index (χ0v) is 12.6. The maximum Gasteiger partial charge on any atom is 0.145 e. The monoisotopic (exact) mass is 302 g/mol. The van der Waals surface area contributed by atoms with E-state index in [4.69, 9.17) is 4.98 Å². The molecule has 0 aliphatic heterocycles. The Kier molecular flexibility index (Phi) is 2.05. The van der Waals surface area contributed by atoms with Gasteiger partial charge in [0.2, 0.25) is 0 Å². The second-order valence-electron chi connectivity index (χ2n) is 6.96. The molecular formula is C20H15FN2. The maximum absolute atomic E-state index is 14.0. The van der Waals surface area contributed by atoms with E-state index in [1.54, 1.807) is 12.1 Å². The van der Waals surface area contributed by atoms with Crippen LogP contribution in [-0.4, -0.2) is 9.38 Å². The van der Waals surface area contributed by atoms with Crippen LogP contribution in [0, 0.1) is 5.82 Å². The van der Waals surface area contributed by atoms with E-state index in [1.807, 2.05) is 12.1 Å². The van der Waals surface area contributed by atoms with Gasteiger partial charge in [0, 0.05) is 28.3 Å². The fourth-order valence-corrected chi connectivity index (χ4v) is 4.88. The molecule has 2 unspecified atom stereocenters. The zero-order chi connectivity index (χ0) is 15.1. The highest BCUT2D eigenvalue weighted by molar-refractivity contribution is 6.11. The van der Waals surface area contributed by atoms with Crippen LogP contribution in [0.5, 0.6) is 0 Å². The number of rotatable bonds is 0. The van der Waals surface area contributed by atoms with E-state index in [0.29, 0.717) is 11.8 Å². The van der Waals surface area contributed by atoms with Crippen LogP contribution in [0.3, 0.4) is 0 Å². The number of halogens is 1. The fraction of sp³-hybridized carbons (Fsp3) is 0.250. The Morgan fingerprint density at radius 1 is 0.957 bits per heavy atom. The van der Waals surface area contributed by atoms with Crippen LogP contribution < -0.4 is 0 Å². The van der Waals surface area contributed by atoms with Crippen molar-refractivity contribution in [1.29, 1.82) is 0 Å². The van der Waals surface area contributed by atoms with E-state index in [-0.39, 0.29) is 5.82 Å². The third-order valence-electron chi connectivity index (χ3n) is 5.81. The summed E-state index contributed by atoms with van der Waals surface area (Å²) in [5.74, 6) is 1.02. The lowest BCUT2D eigenvalue weighted by molar-refractivity contribution is 0.629. The number of aromatic nitrogens is 2. The predicted molar refractivity (Wildman–Crippen MR) is 89.5 cm³/mol. The molecule has 0 N–H and O–H groups in total. The van der Waals surface area contributed by atoms with Crippen LogP contribution in [-0.2, 0) is 0 Å². The summed E-state index contributed by atoms with van der Waals surface area (Å²) in [5, 5.41) is 3.43. The van der Waals surface area contributed by atoms with Gasteiger partial charge in [-0.3, -0.25) is 4.40 Å². The molecular weight excluding hydrogens is 287 g/mol. The van der Waals surface area contributed by atoms with Gasteiger partial charge in [0.05, 0.1) is 11.2 Å². The highest BCUT2D eigenvalue weighted by atomic mass is 19.1. The topological polar surface area (TPSA) is 17.3 Å². The number of nitrogens with zero attached hydrogens (tertiary/aromatic N) is 2. The molecule has 4 aromatic rings. The van der Waals surface area contributed by atoms with Crippen LogP contribution >= 0.6 is 0 Å². The molecule has 0 saturated heterocycles. The molecule has 2 atom stereocenters. The molecule has 2 aromatic heterocycles. The number of imidazole rings is 1.